The lowest BCUT2D eigenvalue weighted by Gasteiger charge is -2.37. The Balaban J connectivity index is 1.17. The van der Waals surface area contributed by atoms with Crippen LogP contribution in [-0.4, -0.2) is 12.8 Å². The molecule has 6 heteroatoms. The number of hydrogen-bond acceptors (Lipinski definition) is 4. The SMILES string of the molecule is CCOc1cc(C=Nc2ccc([C@@H]3Nc4ccc(C)cc4[C@@H]4C=CC[C@@H]43)cc2)cc(Br)c1OCc1ccc(Br)cc1. The number of aryl methyl sites for hydroxylation is 1. The smallest absolute Gasteiger partial charge is 0.175 e. The van der Waals surface area contributed by atoms with Gasteiger partial charge in [0.25, 0.3) is 0 Å². The van der Waals surface area contributed by atoms with Gasteiger partial charge in [-0.15, -0.1) is 0 Å². The number of benzene rings is 4. The molecule has 1 heterocycles. The van der Waals surface area contributed by atoms with Crippen LogP contribution < -0.4 is 14.8 Å². The molecule has 0 spiro atoms. The molecule has 1 N–H and O–H groups in total. The summed E-state index contributed by atoms with van der Waals surface area (Å²) in [5, 5.41) is 3.83. The Kier molecular flexibility index (Phi) is 8.31. The molecule has 3 atom stereocenters. The number of anilines is 1. The van der Waals surface area contributed by atoms with Crippen molar-refractivity contribution in [3.63, 3.8) is 0 Å². The van der Waals surface area contributed by atoms with Crippen molar-refractivity contribution in [2.24, 2.45) is 10.9 Å². The van der Waals surface area contributed by atoms with Gasteiger partial charge < -0.3 is 14.8 Å². The van der Waals surface area contributed by atoms with Crippen LogP contribution in [0.25, 0.3) is 0 Å². The molecular formula is C35H32Br2N2O2. The van der Waals surface area contributed by atoms with E-state index >= 15 is 0 Å². The van der Waals surface area contributed by atoms with Crippen LogP contribution in [-0.2, 0) is 6.61 Å². The summed E-state index contributed by atoms with van der Waals surface area (Å²) in [6.45, 7) is 5.13. The Morgan fingerprint density at radius 2 is 1.76 bits per heavy atom. The van der Waals surface area contributed by atoms with E-state index in [1.54, 1.807) is 0 Å². The summed E-state index contributed by atoms with van der Waals surface area (Å²) in [5.74, 6) is 2.37. The average Bonchev–Trinajstić information content (AvgIpc) is 3.47. The van der Waals surface area contributed by atoms with E-state index in [1.165, 1.54) is 22.4 Å². The first kappa shape index (κ1) is 27.8. The summed E-state index contributed by atoms with van der Waals surface area (Å²) in [6.07, 6.45) is 7.69. The average molecular weight is 672 g/mol. The van der Waals surface area contributed by atoms with Crippen molar-refractivity contribution >= 4 is 49.4 Å². The van der Waals surface area contributed by atoms with E-state index in [4.69, 9.17) is 14.5 Å². The molecule has 6 rings (SSSR count). The molecule has 0 saturated carbocycles. The first-order valence-corrected chi connectivity index (χ1v) is 15.6. The predicted octanol–water partition coefficient (Wildman–Crippen LogP) is 10.1. The number of hydrogen-bond donors (Lipinski definition) is 1. The van der Waals surface area contributed by atoms with Crippen molar-refractivity contribution in [2.45, 2.75) is 38.8 Å². The molecule has 2 aliphatic rings. The molecule has 0 aromatic heterocycles. The minimum atomic E-state index is 0.276. The van der Waals surface area contributed by atoms with Crippen LogP contribution in [0.1, 0.15) is 53.1 Å². The summed E-state index contributed by atoms with van der Waals surface area (Å²) in [7, 11) is 0. The fraction of sp³-hybridized carbons (Fsp3) is 0.229. The van der Waals surface area contributed by atoms with Crippen LogP contribution in [0.5, 0.6) is 11.5 Å². The van der Waals surface area contributed by atoms with E-state index in [0.29, 0.717) is 36.5 Å². The van der Waals surface area contributed by atoms with Gasteiger partial charge in [0.1, 0.15) is 6.61 Å². The van der Waals surface area contributed by atoms with Crippen LogP contribution in [0, 0.1) is 12.8 Å². The normalized spacial score (nSPS) is 19.1. The van der Waals surface area contributed by atoms with Crippen molar-refractivity contribution in [1.82, 2.24) is 0 Å². The molecule has 4 nitrogen and oxygen atoms in total. The zero-order chi connectivity index (χ0) is 28.3. The molecule has 0 fully saturated rings. The van der Waals surface area contributed by atoms with Crippen LogP contribution in [0.15, 0.2) is 105 Å². The summed E-state index contributed by atoms with van der Waals surface area (Å²) in [6, 6.07) is 27.7. The van der Waals surface area contributed by atoms with Crippen LogP contribution >= 0.6 is 31.9 Å². The summed E-state index contributed by atoms with van der Waals surface area (Å²) in [4.78, 5) is 4.77. The van der Waals surface area contributed by atoms with E-state index in [2.05, 4.69) is 98.7 Å². The number of nitrogens with one attached hydrogen (secondary N) is 1. The highest BCUT2D eigenvalue weighted by atomic mass is 79.9. The number of nitrogens with zero attached hydrogens (tertiary/aromatic N) is 1. The number of halogens is 2. The Bertz CT molecular complexity index is 1600. The fourth-order valence-electron chi connectivity index (χ4n) is 5.76. The van der Waals surface area contributed by atoms with Crippen molar-refractivity contribution in [1.29, 1.82) is 0 Å². The largest absolute Gasteiger partial charge is 0.490 e. The minimum Gasteiger partial charge on any atom is -0.490 e. The van der Waals surface area contributed by atoms with E-state index in [9.17, 15) is 0 Å². The van der Waals surface area contributed by atoms with Gasteiger partial charge in [-0.05, 0) is 107 Å². The minimum absolute atomic E-state index is 0.276. The molecule has 1 aliphatic heterocycles. The van der Waals surface area contributed by atoms with E-state index in [1.807, 2.05) is 49.5 Å². The highest BCUT2D eigenvalue weighted by Gasteiger charge is 2.37. The third-order valence-corrected chi connectivity index (χ3v) is 8.88. The van der Waals surface area contributed by atoms with Crippen molar-refractivity contribution in [3.05, 3.63) is 128 Å². The molecule has 41 heavy (non-hydrogen) atoms. The van der Waals surface area contributed by atoms with Gasteiger partial charge in [0, 0.05) is 22.3 Å². The van der Waals surface area contributed by atoms with Gasteiger partial charge in [-0.2, -0.15) is 0 Å². The standard InChI is InChI=1S/C35H32Br2N2O2/c1-3-40-33-19-24(18-31(37)35(33)41-21-23-8-12-26(36)13-9-23)20-38-27-14-10-25(11-15-27)34-29-6-4-5-28(29)30-17-22(2)7-16-32(30)39-34/h4-5,7-20,28-29,34,39H,3,6,21H2,1-2H3/t28-,29+,34+/m1/s1. The second-order valence-electron chi connectivity index (χ2n) is 10.6. The zero-order valence-electron chi connectivity index (χ0n) is 23.1. The topological polar surface area (TPSA) is 42.8 Å². The third kappa shape index (κ3) is 6.14. The lowest BCUT2D eigenvalue weighted by Crippen LogP contribution is -2.29. The molecule has 0 amide bonds. The van der Waals surface area contributed by atoms with E-state index in [-0.39, 0.29) is 6.04 Å². The number of rotatable bonds is 8. The second-order valence-corrected chi connectivity index (χ2v) is 12.4. The fourth-order valence-corrected chi connectivity index (χ4v) is 6.60. The molecule has 1 aliphatic carbocycles. The number of aliphatic imine (C=N–C) groups is 1. The highest BCUT2D eigenvalue weighted by Crippen LogP contribution is 2.50. The van der Waals surface area contributed by atoms with Gasteiger partial charge in [-0.3, -0.25) is 4.99 Å². The van der Waals surface area contributed by atoms with Crippen molar-refractivity contribution in [2.75, 3.05) is 11.9 Å². The van der Waals surface area contributed by atoms with Gasteiger partial charge in [0.2, 0.25) is 0 Å². The maximum atomic E-state index is 6.15. The Labute approximate surface area is 258 Å². The Morgan fingerprint density at radius 3 is 2.54 bits per heavy atom. The summed E-state index contributed by atoms with van der Waals surface area (Å²) < 4.78 is 14.0. The molecule has 208 valence electrons. The van der Waals surface area contributed by atoms with Gasteiger partial charge >= 0.3 is 0 Å². The third-order valence-electron chi connectivity index (χ3n) is 7.76. The van der Waals surface area contributed by atoms with E-state index < -0.39 is 0 Å². The molecule has 0 saturated heterocycles. The number of ether oxygens (including phenoxy) is 2. The van der Waals surface area contributed by atoms with Crippen LogP contribution in [0.3, 0.4) is 0 Å². The monoisotopic (exact) mass is 670 g/mol. The number of fused-ring (bicyclic) bond motifs is 3. The van der Waals surface area contributed by atoms with Gasteiger partial charge in [-0.1, -0.05) is 70.0 Å². The highest BCUT2D eigenvalue weighted by molar-refractivity contribution is 9.10. The molecular weight excluding hydrogens is 640 g/mol. The Hall–Kier alpha value is -3.35. The lowest BCUT2D eigenvalue weighted by atomic mass is 9.76. The predicted molar refractivity (Wildman–Crippen MR) is 175 cm³/mol. The maximum absolute atomic E-state index is 6.15. The molecule has 0 unspecified atom stereocenters. The van der Waals surface area contributed by atoms with E-state index in [0.717, 1.165) is 32.2 Å². The first-order valence-electron chi connectivity index (χ1n) is 14.0. The van der Waals surface area contributed by atoms with Crippen molar-refractivity contribution in [3.8, 4) is 11.5 Å². The van der Waals surface area contributed by atoms with Gasteiger partial charge in [-0.25, -0.2) is 0 Å². The summed E-state index contributed by atoms with van der Waals surface area (Å²) >= 11 is 7.16. The van der Waals surface area contributed by atoms with Gasteiger partial charge in [0.05, 0.1) is 22.8 Å². The zero-order valence-corrected chi connectivity index (χ0v) is 26.3. The van der Waals surface area contributed by atoms with Crippen LogP contribution in [0.4, 0.5) is 11.4 Å². The molecule has 0 bridgehead atoms. The lowest BCUT2D eigenvalue weighted by molar-refractivity contribution is 0.267. The Morgan fingerprint density at radius 1 is 0.951 bits per heavy atom. The second kappa shape index (κ2) is 12.3. The molecule has 4 aromatic rings. The quantitative estimate of drug-likeness (QED) is 0.150. The number of allylic oxidation sites excluding steroid dienone is 2. The van der Waals surface area contributed by atoms with Crippen LogP contribution in [0.2, 0.25) is 0 Å². The maximum Gasteiger partial charge on any atom is 0.175 e. The van der Waals surface area contributed by atoms with Crippen molar-refractivity contribution < 1.29 is 9.47 Å². The first-order chi connectivity index (χ1) is 20.0. The van der Waals surface area contributed by atoms with Gasteiger partial charge in [0.15, 0.2) is 11.5 Å². The molecule has 4 aromatic carbocycles. The summed E-state index contributed by atoms with van der Waals surface area (Å²) in [5.41, 5.74) is 8.20. The molecule has 0 radical (unpaired) electrons.